The van der Waals surface area contributed by atoms with E-state index in [2.05, 4.69) is 4.90 Å². The van der Waals surface area contributed by atoms with Crippen molar-refractivity contribution in [3.63, 3.8) is 0 Å². The van der Waals surface area contributed by atoms with Gasteiger partial charge in [-0.15, -0.1) is 0 Å². The van der Waals surface area contributed by atoms with Gasteiger partial charge in [0.05, 0.1) is 11.1 Å². The predicted molar refractivity (Wildman–Crippen MR) is 122 cm³/mol. The summed E-state index contributed by atoms with van der Waals surface area (Å²) in [6.45, 7) is 3.89. The predicted octanol–water partition coefficient (Wildman–Crippen LogP) is 5.66. The molecule has 0 aromatic heterocycles. The molecular formula is C26H22ClNO3. The highest BCUT2D eigenvalue weighted by Gasteiger charge is 2.35. The number of carbonyl (C=O) groups excluding carboxylic acids is 1. The van der Waals surface area contributed by atoms with Gasteiger partial charge in [0, 0.05) is 18.1 Å². The lowest BCUT2D eigenvalue weighted by molar-refractivity contribution is 0.0949. The summed E-state index contributed by atoms with van der Waals surface area (Å²) in [4.78, 5) is 15.3. The summed E-state index contributed by atoms with van der Waals surface area (Å²) in [5, 5.41) is 0.780. The molecule has 3 aromatic rings. The molecular weight excluding hydrogens is 410 g/mol. The second-order valence-corrected chi connectivity index (χ2v) is 8.30. The van der Waals surface area contributed by atoms with Crippen LogP contribution >= 0.6 is 11.6 Å². The van der Waals surface area contributed by atoms with E-state index in [0.717, 1.165) is 46.0 Å². The van der Waals surface area contributed by atoms with Crippen LogP contribution in [0.15, 0.2) is 66.4 Å². The number of fused-ring (bicyclic) bond motifs is 3. The van der Waals surface area contributed by atoms with Gasteiger partial charge in [0.2, 0.25) is 5.78 Å². The van der Waals surface area contributed by atoms with Gasteiger partial charge in [-0.3, -0.25) is 9.69 Å². The maximum atomic E-state index is 13.1. The van der Waals surface area contributed by atoms with Gasteiger partial charge in [0.25, 0.3) is 0 Å². The molecule has 5 rings (SSSR count). The minimum atomic E-state index is -0.0765. The molecule has 0 aliphatic carbocycles. The Balaban J connectivity index is 1.41. The van der Waals surface area contributed by atoms with Gasteiger partial charge in [-0.05, 0) is 48.2 Å². The first-order chi connectivity index (χ1) is 15.1. The molecule has 0 radical (unpaired) electrons. The summed E-state index contributed by atoms with van der Waals surface area (Å²) in [6, 6.07) is 19.6. The molecule has 2 aliphatic heterocycles. The fraction of sp³-hybridized carbons (Fsp3) is 0.192. The van der Waals surface area contributed by atoms with Crippen molar-refractivity contribution < 1.29 is 14.3 Å². The average molecular weight is 432 g/mol. The number of aryl methyl sites for hydroxylation is 1. The Morgan fingerprint density at radius 3 is 2.68 bits per heavy atom. The zero-order valence-electron chi connectivity index (χ0n) is 17.2. The van der Waals surface area contributed by atoms with Crippen LogP contribution in [0.5, 0.6) is 11.5 Å². The molecule has 0 N–H and O–H groups in total. The molecule has 0 spiro atoms. The van der Waals surface area contributed by atoms with Crippen molar-refractivity contribution in [2.24, 2.45) is 0 Å². The van der Waals surface area contributed by atoms with E-state index < -0.39 is 0 Å². The first-order valence-electron chi connectivity index (χ1n) is 10.3. The second kappa shape index (κ2) is 8.22. The number of allylic oxidation sites excluding steroid dienone is 1. The Morgan fingerprint density at radius 2 is 1.87 bits per heavy atom. The van der Waals surface area contributed by atoms with Gasteiger partial charge in [-0.1, -0.05) is 60.1 Å². The first kappa shape index (κ1) is 19.9. The van der Waals surface area contributed by atoms with E-state index in [1.165, 1.54) is 0 Å². The van der Waals surface area contributed by atoms with Crippen molar-refractivity contribution in [1.29, 1.82) is 0 Å². The van der Waals surface area contributed by atoms with Gasteiger partial charge in [0.1, 0.15) is 18.2 Å². The van der Waals surface area contributed by atoms with Crippen molar-refractivity contribution in [2.75, 3.05) is 13.3 Å². The Morgan fingerprint density at radius 1 is 1.10 bits per heavy atom. The van der Waals surface area contributed by atoms with Gasteiger partial charge in [-0.25, -0.2) is 0 Å². The summed E-state index contributed by atoms with van der Waals surface area (Å²) in [7, 11) is 0. The number of Topliss-reactive ketones (excluding diaryl/α,β-unsaturated/α-hetero) is 1. The normalized spacial score (nSPS) is 16.6. The number of hydrogen-bond acceptors (Lipinski definition) is 4. The molecule has 0 atom stereocenters. The third-order valence-corrected chi connectivity index (χ3v) is 6.11. The van der Waals surface area contributed by atoms with Crippen molar-refractivity contribution in [3.05, 3.63) is 99.3 Å². The second-order valence-electron chi connectivity index (χ2n) is 7.89. The summed E-state index contributed by atoms with van der Waals surface area (Å²) in [5.41, 5.74) is 4.49. The van der Waals surface area contributed by atoms with E-state index >= 15 is 0 Å². The van der Waals surface area contributed by atoms with Crippen molar-refractivity contribution in [1.82, 2.24) is 4.90 Å². The van der Waals surface area contributed by atoms with Crippen LogP contribution in [0.25, 0.3) is 6.08 Å². The van der Waals surface area contributed by atoms with Gasteiger partial charge >= 0.3 is 0 Å². The lowest BCUT2D eigenvalue weighted by atomic mass is 9.98. The highest BCUT2D eigenvalue weighted by atomic mass is 35.5. The SMILES string of the molecule is Cc1cc2c(c3c1C(=O)/C(=C/c1ccccc1)O3)CN(CCc1ccccc1Cl)CO2. The largest absolute Gasteiger partial charge is 0.478 e. The van der Waals surface area contributed by atoms with E-state index in [-0.39, 0.29) is 5.78 Å². The zero-order chi connectivity index (χ0) is 21.4. The maximum Gasteiger partial charge on any atom is 0.232 e. The molecule has 0 bridgehead atoms. The molecule has 2 heterocycles. The highest BCUT2D eigenvalue weighted by molar-refractivity contribution is 6.31. The van der Waals surface area contributed by atoms with Gasteiger partial charge < -0.3 is 9.47 Å². The van der Waals surface area contributed by atoms with Gasteiger partial charge in [0.15, 0.2) is 5.76 Å². The van der Waals surface area contributed by atoms with E-state index in [1.54, 1.807) is 6.08 Å². The molecule has 4 nitrogen and oxygen atoms in total. The third-order valence-electron chi connectivity index (χ3n) is 5.74. The van der Waals surface area contributed by atoms with Crippen molar-refractivity contribution in [3.8, 4) is 11.5 Å². The molecule has 156 valence electrons. The van der Waals surface area contributed by atoms with Crippen LogP contribution in [0.2, 0.25) is 5.02 Å². The summed E-state index contributed by atoms with van der Waals surface area (Å²) in [6.07, 6.45) is 2.62. The molecule has 3 aromatic carbocycles. The number of rotatable bonds is 4. The molecule has 2 aliphatic rings. The lowest BCUT2D eigenvalue weighted by Gasteiger charge is -2.30. The molecule has 0 saturated heterocycles. The summed E-state index contributed by atoms with van der Waals surface area (Å²) >= 11 is 6.30. The topological polar surface area (TPSA) is 38.8 Å². The number of halogens is 1. The molecule has 0 fully saturated rings. The van der Waals surface area contributed by atoms with E-state index in [4.69, 9.17) is 21.1 Å². The van der Waals surface area contributed by atoms with Crippen LogP contribution in [0, 0.1) is 6.92 Å². The molecule has 5 heteroatoms. The maximum absolute atomic E-state index is 13.1. The number of carbonyl (C=O) groups is 1. The minimum absolute atomic E-state index is 0.0765. The molecule has 0 saturated carbocycles. The zero-order valence-corrected chi connectivity index (χ0v) is 18.0. The fourth-order valence-corrected chi connectivity index (χ4v) is 4.33. The quantitative estimate of drug-likeness (QED) is 0.500. The average Bonchev–Trinajstić information content (AvgIpc) is 3.11. The van der Waals surface area contributed by atoms with E-state index in [0.29, 0.717) is 30.3 Å². The summed E-state index contributed by atoms with van der Waals surface area (Å²) < 4.78 is 12.1. The summed E-state index contributed by atoms with van der Waals surface area (Å²) in [5.74, 6) is 1.70. The van der Waals surface area contributed by atoms with Crippen molar-refractivity contribution >= 4 is 23.5 Å². The fourth-order valence-electron chi connectivity index (χ4n) is 4.10. The minimum Gasteiger partial charge on any atom is -0.478 e. The Kier molecular flexibility index (Phi) is 5.26. The van der Waals surface area contributed by atoms with E-state index in [9.17, 15) is 4.79 Å². The Bertz CT molecular complexity index is 1190. The lowest BCUT2D eigenvalue weighted by Crippen LogP contribution is -2.34. The Labute approximate surface area is 186 Å². The Hall–Kier alpha value is -3.08. The monoisotopic (exact) mass is 431 g/mol. The van der Waals surface area contributed by atoms with Crippen LogP contribution in [0.4, 0.5) is 0 Å². The number of benzene rings is 3. The van der Waals surface area contributed by atoms with Gasteiger partial charge in [-0.2, -0.15) is 0 Å². The number of ketones is 1. The van der Waals surface area contributed by atoms with Crippen LogP contribution in [0.1, 0.15) is 32.6 Å². The molecule has 0 unspecified atom stereocenters. The van der Waals surface area contributed by atoms with Crippen molar-refractivity contribution in [2.45, 2.75) is 19.9 Å². The number of nitrogens with zero attached hydrogens (tertiary/aromatic N) is 1. The first-order valence-corrected chi connectivity index (χ1v) is 10.7. The molecule has 31 heavy (non-hydrogen) atoms. The number of hydrogen-bond donors (Lipinski definition) is 0. The third kappa shape index (κ3) is 3.85. The van der Waals surface area contributed by atoms with Crippen LogP contribution < -0.4 is 9.47 Å². The number of ether oxygens (including phenoxy) is 2. The van der Waals surface area contributed by atoms with E-state index in [1.807, 2.05) is 67.6 Å². The standard InChI is InChI=1S/C26H22ClNO3/c1-17-13-22-20(15-28(16-30-22)12-11-19-9-5-6-10-21(19)27)26-24(17)25(29)23(31-26)14-18-7-3-2-4-8-18/h2-10,13-14H,11-12,15-16H2,1H3/b23-14-. The van der Waals surface area contributed by atoms with Crippen LogP contribution in [-0.2, 0) is 13.0 Å². The highest BCUT2D eigenvalue weighted by Crippen LogP contribution is 2.44. The molecule has 0 amide bonds. The van der Waals surface area contributed by atoms with Crippen LogP contribution in [0.3, 0.4) is 0 Å². The smallest absolute Gasteiger partial charge is 0.232 e. The van der Waals surface area contributed by atoms with Crippen LogP contribution in [-0.4, -0.2) is 24.0 Å².